The molecule has 0 heterocycles. The van der Waals surface area contributed by atoms with E-state index in [0.29, 0.717) is 6.07 Å². The fraction of sp³-hybridized carbons (Fsp3) is 0.200. The Morgan fingerprint density at radius 3 is 2.56 bits per heavy atom. The van der Waals surface area contributed by atoms with Crippen molar-refractivity contribution in [1.82, 2.24) is 0 Å². The van der Waals surface area contributed by atoms with E-state index in [1.807, 2.05) is 0 Å². The topological polar surface area (TPSA) is 54.2 Å². The van der Waals surface area contributed by atoms with Crippen LogP contribution in [-0.4, -0.2) is 23.7 Å². The second kappa shape index (κ2) is 5.20. The van der Waals surface area contributed by atoms with Crippen LogP contribution in [0, 0.1) is 11.6 Å². The second-order valence-corrected chi connectivity index (χ2v) is 2.93. The third-order valence-corrected chi connectivity index (χ3v) is 1.86. The predicted molar refractivity (Wildman–Crippen MR) is 54.8 cm³/mol. The lowest BCUT2D eigenvalue weighted by atomic mass is 10.1. The standard InChI is InChI=1S/C10H10F2N2O2/c1-6(13-15)10(14-16-2)8-4-3-7(11)5-9(8)12/h3-5,15H,1-2H3/b13-6+,14-10-. The van der Waals surface area contributed by atoms with E-state index in [2.05, 4.69) is 15.1 Å². The number of benzene rings is 1. The lowest BCUT2D eigenvalue weighted by Gasteiger charge is -2.05. The number of nitrogens with zero attached hydrogens (tertiary/aromatic N) is 2. The highest BCUT2D eigenvalue weighted by Crippen LogP contribution is 2.12. The predicted octanol–water partition coefficient (Wildman–Crippen LogP) is 2.17. The van der Waals surface area contributed by atoms with Gasteiger partial charge in [0.1, 0.15) is 30.2 Å². The molecule has 0 aromatic heterocycles. The van der Waals surface area contributed by atoms with E-state index >= 15 is 0 Å². The molecule has 0 atom stereocenters. The maximum absolute atomic E-state index is 13.4. The molecule has 1 rings (SSSR count). The third kappa shape index (κ3) is 2.53. The molecule has 0 aliphatic rings. The molecule has 6 heteroatoms. The molecule has 4 nitrogen and oxygen atoms in total. The summed E-state index contributed by atoms with van der Waals surface area (Å²) in [4.78, 5) is 4.50. The van der Waals surface area contributed by atoms with E-state index in [1.54, 1.807) is 0 Å². The van der Waals surface area contributed by atoms with Gasteiger partial charge in [-0.1, -0.05) is 10.3 Å². The normalized spacial score (nSPS) is 12.8. The van der Waals surface area contributed by atoms with E-state index < -0.39 is 11.6 Å². The molecule has 86 valence electrons. The summed E-state index contributed by atoms with van der Waals surface area (Å²) in [6.07, 6.45) is 0. The van der Waals surface area contributed by atoms with Gasteiger partial charge in [0.25, 0.3) is 0 Å². The first-order chi connectivity index (χ1) is 7.60. The van der Waals surface area contributed by atoms with Crippen LogP contribution in [0.3, 0.4) is 0 Å². The molecule has 0 spiro atoms. The van der Waals surface area contributed by atoms with Crippen molar-refractivity contribution in [2.24, 2.45) is 10.3 Å². The van der Waals surface area contributed by atoms with Gasteiger partial charge in [0.15, 0.2) is 0 Å². The summed E-state index contributed by atoms with van der Waals surface area (Å²) in [7, 11) is 1.27. The van der Waals surface area contributed by atoms with Crippen molar-refractivity contribution in [3.63, 3.8) is 0 Å². The van der Waals surface area contributed by atoms with Gasteiger partial charge < -0.3 is 10.0 Å². The average molecular weight is 228 g/mol. The minimum atomic E-state index is -0.807. The van der Waals surface area contributed by atoms with Gasteiger partial charge in [-0.25, -0.2) is 8.78 Å². The molecule has 0 aliphatic carbocycles. The molecule has 1 aromatic rings. The van der Waals surface area contributed by atoms with Crippen LogP contribution >= 0.6 is 0 Å². The van der Waals surface area contributed by atoms with Crippen LogP contribution in [0.15, 0.2) is 28.5 Å². The van der Waals surface area contributed by atoms with Crippen molar-refractivity contribution in [2.75, 3.05) is 7.11 Å². The van der Waals surface area contributed by atoms with Gasteiger partial charge in [-0.15, -0.1) is 0 Å². The van der Waals surface area contributed by atoms with Gasteiger partial charge in [-0.05, 0) is 19.1 Å². The van der Waals surface area contributed by atoms with Gasteiger partial charge in [0, 0.05) is 11.6 Å². The van der Waals surface area contributed by atoms with Gasteiger partial charge in [0.05, 0.1) is 0 Å². The summed E-state index contributed by atoms with van der Waals surface area (Å²) in [5.41, 5.74) is 0.0633. The first kappa shape index (κ1) is 12.1. The molecule has 0 bridgehead atoms. The van der Waals surface area contributed by atoms with Gasteiger partial charge in [0.2, 0.25) is 0 Å². The zero-order valence-corrected chi connectivity index (χ0v) is 8.74. The average Bonchev–Trinajstić information content (AvgIpc) is 2.26. The minimum absolute atomic E-state index is 0.00134. The lowest BCUT2D eigenvalue weighted by Crippen LogP contribution is -2.14. The Labute approximate surface area is 90.8 Å². The highest BCUT2D eigenvalue weighted by Gasteiger charge is 2.14. The summed E-state index contributed by atoms with van der Waals surface area (Å²) in [5.74, 6) is -1.50. The quantitative estimate of drug-likeness (QED) is 0.489. The van der Waals surface area contributed by atoms with Crippen LogP contribution in [0.25, 0.3) is 0 Å². The molecular weight excluding hydrogens is 218 g/mol. The highest BCUT2D eigenvalue weighted by atomic mass is 19.1. The molecule has 0 amide bonds. The van der Waals surface area contributed by atoms with E-state index in [-0.39, 0.29) is 17.0 Å². The van der Waals surface area contributed by atoms with E-state index in [4.69, 9.17) is 5.21 Å². The van der Waals surface area contributed by atoms with Crippen molar-refractivity contribution in [3.8, 4) is 0 Å². The molecular formula is C10H10F2N2O2. The first-order valence-electron chi connectivity index (χ1n) is 4.35. The molecule has 0 saturated heterocycles. The Morgan fingerprint density at radius 1 is 1.38 bits per heavy atom. The summed E-state index contributed by atoms with van der Waals surface area (Å²) < 4.78 is 26.1. The number of oxime groups is 2. The fourth-order valence-electron chi connectivity index (χ4n) is 1.13. The summed E-state index contributed by atoms with van der Waals surface area (Å²) in [6, 6.07) is 2.98. The fourth-order valence-corrected chi connectivity index (χ4v) is 1.13. The van der Waals surface area contributed by atoms with Crippen molar-refractivity contribution in [3.05, 3.63) is 35.4 Å². The molecule has 16 heavy (non-hydrogen) atoms. The van der Waals surface area contributed by atoms with Gasteiger partial charge >= 0.3 is 0 Å². The van der Waals surface area contributed by atoms with Crippen LogP contribution in [-0.2, 0) is 4.84 Å². The van der Waals surface area contributed by atoms with E-state index in [0.717, 1.165) is 6.07 Å². The Hall–Kier alpha value is -1.98. The molecule has 1 aromatic carbocycles. The minimum Gasteiger partial charge on any atom is -0.411 e. The summed E-state index contributed by atoms with van der Waals surface area (Å²) in [6.45, 7) is 1.42. The summed E-state index contributed by atoms with van der Waals surface area (Å²) >= 11 is 0. The van der Waals surface area contributed by atoms with E-state index in [9.17, 15) is 8.78 Å². The highest BCUT2D eigenvalue weighted by molar-refractivity contribution is 6.47. The molecule has 0 unspecified atom stereocenters. The molecule has 0 saturated carbocycles. The Balaban J connectivity index is 3.28. The molecule has 0 fully saturated rings. The lowest BCUT2D eigenvalue weighted by molar-refractivity contribution is 0.214. The largest absolute Gasteiger partial charge is 0.411 e. The number of hydrogen-bond donors (Lipinski definition) is 1. The molecule has 0 radical (unpaired) electrons. The number of halogens is 2. The zero-order chi connectivity index (χ0) is 12.1. The number of hydrogen-bond acceptors (Lipinski definition) is 4. The molecule has 1 N–H and O–H groups in total. The van der Waals surface area contributed by atoms with Gasteiger partial charge in [-0.3, -0.25) is 0 Å². The van der Waals surface area contributed by atoms with Crippen molar-refractivity contribution < 1.29 is 18.8 Å². The maximum Gasteiger partial charge on any atom is 0.137 e. The van der Waals surface area contributed by atoms with Crippen LogP contribution < -0.4 is 0 Å². The summed E-state index contributed by atoms with van der Waals surface area (Å²) in [5, 5.41) is 15.0. The number of rotatable bonds is 3. The van der Waals surface area contributed by atoms with Crippen molar-refractivity contribution in [1.29, 1.82) is 0 Å². The van der Waals surface area contributed by atoms with E-state index in [1.165, 1.54) is 20.1 Å². The van der Waals surface area contributed by atoms with Crippen molar-refractivity contribution in [2.45, 2.75) is 6.92 Å². The van der Waals surface area contributed by atoms with Crippen LogP contribution in [0.1, 0.15) is 12.5 Å². The Kier molecular flexibility index (Phi) is 3.93. The molecule has 0 aliphatic heterocycles. The Morgan fingerprint density at radius 2 is 2.06 bits per heavy atom. The van der Waals surface area contributed by atoms with Crippen LogP contribution in [0.5, 0.6) is 0 Å². The first-order valence-corrected chi connectivity index (χ1v) is 4.35. The van der Waals surface area contributed by atoms with Crippen LogP contribution in [0.2, 0.25) is 0 Å². The second-order valence-electron chi connectivity index (χ2n) is 2.93. The third-order valence-electron chi connectivity index (χ3n) is 1.86. The maximum atomic E-state index is 13.4. The van der Waals surface area contributed by atoms with Crippen LogP contribution in [0.4, 0.5) is 8.78 Å². The van der Waals surface area contributed by atoms with Gasteiger partial charge in [-0.2, -0.15) is 0 Å². The van der Waals surface area contributed by atoms with Crippen molar-refractivity contribution >= 4 is 11.4 Å². The SMILES string of the molecule is CO/N=C(/C(C)=N/O)c1ccc(F)cc1F. The monoisotopic (exact) mass is 228 g/mol. The smallest absolute Gasteiger partial charge is 0.137 e. The Bertz CT molecular complexity index is 444. The zero-order valence-electron chi connectivity index (χ0n) is 8.74.